The Bertz CT molecular complexity index is 868. The standard InChI is InChI=1S/C27H43N3O4S/c1-8-10-18(4)28-24(31)23(20-13-11-19(9-2)12-14-20)30(22-15-17(22)3)25(32)21(16-35)29-26(33)34-27(5,6)7/h11-14,17-18,21-23,35H,8-10,15-16H2,1-7H3,(H,28,31)(H,29,33). The number of hydrogen-bond donors (Lipinski definition) is 3. The number of ether oxygens (including phenoxy) is 1. The zero-order chi connectivity index (χ0) is 26.3. The Morgan fingerprint density at radius 2 is 1.74 bits per heavy atom. The summed E-state index contributed by atoms with van der Waals surface area (Å²) >= 11 is 4.35. The molecule has 7 nitrogen and oxygen atoms in total. The number of carbonyl (C=O) groups excluding carboxylic acids is 3. The van der Waals surface area contributed by atoms with Crippen LogP contribution < -0.4 is 10.6 Å². The summed E-state index contributed by atoms with van der Waals surface area (Å²) in [6.07, 6.45) is 2.80. The number of nitrogens with one attached hydrogen (secondary N) is 2. The SMILES string of the molecule is CCCC(C)NC(=O)C(c1ccc(CC)cc1)N(C(=O)C(CS)NC(=O)OC(C)(C)C)C1CC1C. The average molecular weight is 506 g/mol. The van der Waals surface area contributed by atoms with E-state index in [9.17, 15) is 14.4 Å². The van der Waals surface area contributed by atoms with Gasteiger partial charge in [-0.25, -0.2) is 4.79 Å². The summed E-state index contributed by atoms with van der Waals surface area (Å²) in [6, 6.07) is 6.03. The molecule has 2 rings (SSSR count). The van der Waals surface area contributed by atoms with Crippen LogP contribution in [0.5, 0.6) is 0 Å². The van der Waals surface area contributed by atoms with Crippen LogP contribution in [0.3, 0.4) is 0 Å². The molecule has 0 radical (unpaired) electrons. The highest BCUT2D eigenvalue weighted by Gasteiger charge is 2.48. The van der Waals surface area contributed by atoms with Gasteiger partial charge in [-0.15, -0.1) is 0 Å². The van der Waals surface area contributed by atoms with Crippen LogP contribution >= 0.6 is 12.6 Å². The Kier molecular flexibility index (Phi) is 10.5. The van der Waals surface area contributed by atoms with Crippen molar-refractivity contribution in [3.05, 3.63) is 35.4 Å². The second-order valence-electron chi connectivity index (χ2n) is 10.6. The number of aryl methyl sites for hydroxylation is 1. The molecule has 1 aliphatic carbocycles. The van der Waals surface area contributed by atoms with E-state index in [2.05, 4.69) is 44.0 Å². The van der Waals surface area contributed by atoms with Crippen molar-refractivity contribution in [3.8, 4) is 0 Å². The lowest BCUT2D eigenvalue weighted by molar-refractivity contribution is -0.143. The second kappa shape index (κ2) is 12.7. The molecule has 5 atom stereocenters. The average Bonchev–Trinajstić information content (AvgIpc) is 3.49. The number of hydrogen-bond acceptors (Lipinski definition) is 5. The molecule has 0 heterocycles. The highest BCUT2D eigenvalue weighted by atomic mass is 32.1. The fraction of sp³-hybridized carbons (Fsp3) is 0.667. The summed E-state index contributed by atoms with van der Waals surface area (Å²) in [5, 5.41) is 5.77. The minimum absolute atomic E-state index is 0.0148. The van der Waals surface area contributed by atoms with E-state index in [0.717, 1.165) is 36.8 Å². The zero-order valence-corrected chi connectivity index (χ0v) is 23.2. The summed E-state index contributed by atoms with van der Waals surface area (Å²) in [5.74, 6) is -0.189. The molecule has 0 spiro atoms. The van der Waals surface area contributed by atoms with Crippen molar-refractivity contribution in [1.29, 1.82) is 0 Å². The van der Waals surface area contributed by atoms with E-state index in [1.807, 2.05) is 31.2 Å². The molecule has 35 heavy (non-hydrogen) atoms. The first-order chi connectivity index (χ1) is 16.4. The lowest BCUT2D eigenvalue weighted by Crippen LogP contribution is -2.55. The van der Waals surface area contributed by atoms with Gasteiger partial charge in [0.25, 0.3) is 0 Å². The summed E-state index contributed by atoms with van der Waals surface area (Å²) in [6.45, 7) is 13.5. The van der Waals surface area contributed by atoms with Gasteiger partial charge in [-0.3, -0.25) is 9.59 Å². The van der Waals surface area contributed by atoms with Crippen LogP contribution in [0, 0.1) is 5.92 Å². The number of nitrogens with zero attached hydrogens (tertiary/aromatic N) is 1. The van der Waals surface area contributed by atoms with Crippen LogP contribution in [-0.4, -0.2) is 52.3 Å². The Labute approximate surface area is 216 Å². The van der Waals surface area contributed by atoms with Crippen molar-refractivity contribution < 1.29 is 19.1 Å². The highest BCUT2D eigenvalue weighted by Crippen LogP contribution is 2.41. The molecule has 1 aliphatic rings. The van der Waals surface area contributed by atoms with Crippen LogP contribution in [0.15, 0.2) is 24.3 Å². The predicted octanol–water partition coefficient (Wildman–Crippen LogP) is 4.66. The maximum Gasteiger partial charge on any atom is 0.408 e. The number of alkyl carbamates (subject to hydrolysis) is 1. The van der Waals surface area contributed by atoms with Crippen LogP contribution in [0.2, 0.25) is 0 Å². The maximum absolute atomic E-state index is 13.9. The molecular weight excluding hydrogens is 462 g/mol. The van der Waals surface area contributed by atoms with Gasteiger partial charge in [-0.1, -0.05) is 51.5 Å². The molecule has 0 saturated heterocycles. The molecule has 2 N–H and O–H groups in total. The van der Waals surface area contributed by atoms with Gasteiger partial charge in [0.2, 0.25) is 11.8 Å². The van der Waals surface area contributed by atoms with Crippen molar-refractivity contribution in [2.24, 2.45) is 5.92 Å². The predicted molar refractivity (Wildman–Crippen MR) is 142 cm³/mol. The fourth-order valence-corrected chi connectivity index (χ4v) is 4.44. The molecule has 1 fully saturated rings. The third kappa shape index (κ3) is 8.44. The van der Waals surface area contributed by atoms with Crippen molar-refractivity contribution >= 4 is 30.5 Å². The third-order valence-corrected chi connectivity index (χ3v) is 6.56. The lowest BCUT2D eigenvalue weighted by Gasteiger charge is -2.35. The fourth-order valence-electron chi connectivity index (χ4n) is 4.19. The molecule has 0 aliphatic heterocycles. The maximum atomic E-state index is 13.9. The molecule has 0 bridgehead atoms. The van der Waals surface area contributed by atoms with Gasteiger partial charge in [0.1, 0.15) is 17.7 Å². The first kappa shape index (κ1) is 29.0. The minimum atomic E-state index is -0.917. The largest absolute Gasteiger partial charge is 0.444 e. The van der Waals surface area contributed by atoms with E-state index in [4.69, 9.17) is 4.74 Å². The minimum Gasteiger partial charge on any atom is -0.444 e. The number of thiol groups is 1. The van der Waals surface area contributed by atoms with Gasteiger partial charge >= 0.3 is 6.09 Å². The third-order valence-electron chi connectivity index (χ3n) is 6.19. The van der Waals surface area contributed by atoms with Crippen LogP contribution in [0.1, 0.15) is 84.9 Å². The number of carbonyl (C=O) groups is 3. The monoisotopic (exact) mass is 505 g/mol. The molecule has 1 aromatic carbocycles. The Morgan fingerprint density at radius 3 is 2.20 bits per heavy atom. The quantitative estimate of drug-likeness (QED) is 0.382. The van der Waals surface area contributed by atoms with Crippen molar-refractivity contribution in [2.45, 2.75) is 104 Å². The van der Waals surface area contributed by atoms with Gasteiger partial charge < -0.3 is 20.3 Å². The molecule has 1 aromatic rings. The summed E-state index contributed by atoms with van der Waals surface area (Å²) in [7, 11) is 0. The van der Waals surface area contributed by atoms with E-state index in [1.54, 1.807) is 25.7 Å². The van der Waals surface area contributed by atoms with E-state index in [-0.39, 0.29) is 35.6 Å². The zero-order valence-electron chi connectivity index (χ0n) is 22.3. The molecule has 3 amide bonds. The molecule has 8 heteroatoms. The number of benzene rings is 1. The summed E-state index contributed by atoms with van der Waals surface area (Å²) in [5.41, 5.74) is 1.22. The van der Waals surface area contributed by atoms with E-state index < -0.39 is 23.8 Å². The Balaban J connectivity index is 2.42. The molecule has 5 unspecified atom stereocenters. The molecule has 196 valence electrons. The van der Waals surface area contributed by atoms with Crippen molar-refractivity contribution in [2.75, 3.05) is 5.75 Å². The Morgan fingerprint density at radius 1 is 1.14 bits per heavy atom. The normalized spacial score (nSPS) is 19.8. The van der Waals surface area contributed by atoms with Crippen molar-refractivity contribution in [1.82, 2.24) is 15.5 Å². The van der Waals surface area contributed by atoms with E-state index in [0.29, 0.717) is 0 Å². The topological polar surface area (TPSA) is 87.7 Å². The number of rotatable bonds is 11. The molecular formula is C27H43N3O4S. The number of amides is 3. The second-order valence-corrected chi connectivity index (χ2v) is 11.0. The van der Waals surface area contributed by atoms with Gasteiger partial charge in [0.05, 0.1) is 0 Å². The van der Waals surface area contributed by atoms with Crippen LogP contribution in [0.4, 0.5) is 4.79 Å². The lowest BCUT2D eigenvalue weighted by atomic mass is 9.99. The Hall–Kier alpha value is -2.22. The van der Waals surface area contributed by atoms with E-state index in [1.165, 1.54) is 0 Å². The summed E-state index contributed by atoms with van der Waals surface area (Å²) in [4.78, 5) is 41.6. The molecule has 0 aromatic heterocycles. The van der Waals surface area contributed by atoms with Crippen molar-refractivity contribution in [3.63, 3.8) is 0 Å². The first-order valence-electron chi connectivity index (χ1n) is 12.7. The smallest absolute Gasteiger partial charge is 0.408 e. The summed E-state index contributed by atoms with van der Waals surface area (Å²) < 4.78 is 5.36. The van der Waals surface area contributed by atoms with Crippen LogP contribution in [0.25, 0.3) is 0 Å². The van der Waals surface area contributed by atoms with Gasteiger partial charge in [0.15, 0.2) is 0 Å². The molecule has 1 saturated carbocycles. The first-order valence-corrected chi connectivity index (χ1v) is 13.4. The highest BCUT2D eigenvalue weighted by molar-refractivity contribution is 7.80. The van der Waals surface area contributed by atoms with Gasteiger partial charge in [-0.2, -0.15) is 12.6 Å². The van der Waals surface area contributed by atoms with Crippen LogP contribution in [-0.2, 0) is 20.7 Å². The van der Waals surface area contributed by atoms with E-state index >= 15 is 0 Å². The van der Waals surface area contributed by atoms with Gasteiger partial charge in [0, 0.05) is 17.8 Å². The van der Waals surface area contributed by atoms with Gasteiger partial charge in [-0.05, 0) is 64.0 Å².